The maximum Gasteiger partial charge on any atom is 0.488 e. The fourth-order valence-electron chi connectivity index (χ4n) is 5.49. The molecule has 3 aromatic carbocycles. The van der Waals surface area contributed by atoms with Crippen LogP contribution in [0.5, 0.6) is 0 Å². The largest absolute Gasteiger partial charge is 0.488 e. The Morgan fingerprint density at radius 2 is 1.59 bits per heavy atom. The summed E-state index contributed by atoms with van der Waals surface area (Å²) >= 11 is 0. The second-order valence-corrected chi connectivity index (χ2v) is 9.11. The second kappa shape index (κ2) is 9.29. The minimum atomic E-state index is -1.49. The molecule has 0 saturated carbocycles. The fraction of sp³-hybridized carbons (Fsp3) is 0.267. The van der Waals surface area contributed by atoms with Gasteiger partial charge in [-0.1, -0.05) is 82.7 Å². The van der Waals surface area contributed by atoms with Gasteiger partial charge in [0.15, 0.2) is 0 Å². The van der Waals surface area contributed by atoms with Crippen molar-refractivity contribution in [2.24, 2.45) is 0 Å². The molecule has 0 unspecified atom stereocenters. The summed E-state index contributed by atoms with van der Waals surface area (Å²) in [6.07, 6.45) is 5.36. The van der Waals surface area contributed by atoms with Crippen molar-refractivity contribution in [2.75, 3.05) is 0 Å². The van der Waals surface area contributed by atoms with Crippen molar-refractivity contribution < 1.29 is 10.0 Å². The van der Waals surface area contributed by atoms with E-state index < -0.39 is 7.12 Å². The third-order valence-electron chi connectivity index (χ3n) is 6.97. The Bertz CT molecular complexity index is 1410. The Hall–Kier alpha value is -3.08. The molecule has 4 heteroatoms. The van der Waals surface area contributed by atoms with Crippen LogP contribution in [0.3, 0.4) is 0 Å². The van der Waals surface area contributed by atoms with Gasteiger partial charge in [-0.2, -0.15) is 0 Å². The summed E-state index contributed by atoms with van der Waals surface area (Å²) in [6, 6.07) is 20.7. The number of hydrogen-bond donors (Lipinski definition) is 2. The van der Waals surface area contributed by atoms with Crippen LogP contribution < -0.4 is 5.46 Å². The van der Waals surface area contributed by atoms with Crippen LogP contribution in [0, 0.1) is 0 Å². The molecule has 0 fully saturated rings. The summed E-state index contributed by atoms with van der Waals surface area (Å²) < 4.78 is 2.29. The molecule has 2 N–H and O–H groups in total. The van der Waals surface area contributed by atoms with Gasteiger partial charge in [0, 0.05) is 21.9 Å². The van der Waals surface area contributed by atoms with Gasteiger partial charge in [-0.15, -0.1) is 0 Å². The summed E-state index contributed by atoms with van der Waals surface area (Å²) in [6.45, 7) is 13.0. The molecule has 3 nitrogen and oxygen atoms in total. The number of hydrogen-bond acceptors (Lipinski definition) is 2. The first kappa shape index (κ1) is 24.1. The lowest BCUT2D eigenvalue weighted by molar-refractivity contribution is 0.426. The monoisotopic (exact) mass is 451 g/mol. The smallest absolute Gasteiger partial charge is 0.423 e. The highest BCUT2D eigenvalue weighted by Gasteiger charge is 2.36. The van der Waals surface area contributed by atoms with Crippen molar-refractivity contribution in [1.29, 1.82) is 0 Å². The zero-order valence-electron chi connectivity index (χ0n) is 21.1. The Kier molecular flexibility index (Phi) is 6.57. The van der Waals surface area contributed by atoms with Gasteiger partial charge >= 0.3 is 7.12 Å². The van der Waals surface area contributed by atoms with Crippen LogP contribution in [0.4, 0.5) is 0 Å². The zero-order valence-corrected chi connectivity index (χ0v) is 21.1. The summed E-state index contributed by atoms with van der Waals surface area (Å²) in [5.41, 5.74) is 9.15. The lowest BCUT2D eigenvalue weighted by Gasteiger charge is -2.24. The van der Waals surface area contributed by atoms with Gasteiger partial charge in [0.25, 0.3) is 0 Å². The predicted molar refractivity (Wildman–Crippen MR) is 147 cm³/mol. The summed E-state index contributed by atoms with van der Waals surface area (Å²) in [7, 11) is -1.49. The van der Waals surface area contributed by atoms with Crippen molar-refractivity contribution in [3.8, 4) is 5.69 Å². The van der Waals surface area contributed by atoms with E-state index in [4.69, 9.17) is 0 Å². The number of benzene rings is 3. The Morgan fingerprint density at radius 3 is 2.21 bits per heavy atom. The normalized spacial score (nSPS) is 14.6. The molecule has 0 saturated heterocycles. The van der Waals surface area contributed by atoms with E-state index in [2.05, 4.69) is 80.8 Å². The van der Waals surface area contributed by atoms with Crippen LogP contribution in [0.15, 0.2) is 78.4 Å². The molecule has 0 radical (unpaired) electrons. The van der Waals surface area contributed by atoms with Gasteiger partial charge < -0.3 is 14.6 Å². The number of para-hydroxylation sites is 1. The van der Waals surface area contributed by atoms with Crippen molar-refractivity contribution in [3.63, 3.8) is 0 Å². The third kappa shape index (κ3) is 3.62. The maximum absolute atomic E-state index is 9.81. The molecule has 0 spiro atoms. The van der Waals surface area contributed by atoms with Gasteiger partial charge in [0.1, 0.15) is 0 Å². The Labute approximate surface area is 203 Å². The average Bonchev–Trinajstić information content (AvgIpc) is 3.27. The van der Waals surface area contributed by atoms with E-state index in [9.17, 15) is 10.0 Å². The third-order valence-corrected chi connectivity index (χ3v) is 6.97. The SMILES string of the molecule is C/C=C\C1=C(CC)C(C)(C)c2cc3c(cc21)c1cc(B(O)O)ccc1n3-c1ccccc1.CC. The highest BCUT2D eigenvalue weighted by molar-refractivity contribution is 6.59. The van der Waals surface area contributed by atoms with Crippen LogP contribution in [-0.2, 0) is 5.41 Å². The van der Waals surface area contributed by atoms with E-state index in [1.54, 1.807) is 6.07 Å². The molecule has 1 heterocycles. The number of rotatable bonds is 4. The number of fused-ring (bicyclic) bond motifs is 4. The molecule has 0 atom stereocenters. The van der Waals surface area contributed by atoms with Crippen LogP contribution in [0.1, 0.15) is 59.1 Å². The van der Waals surface area contributed by atoms with Crippen LogP contribution in [0.25, 0.3) is 33.1 Å². The van der Waals surface area contributed by atoms with Crippen molar-refractivity contribution in [2.45, 2.75) is 53.4 Å². The van der Waals surface area contributed by atoms with Crippen LogP contribution in [-0.4, -0.2) is 21.7 Å². The minimum absolute atomic E-state index is 0.0441. The standard InChI is InChI=1S/C28H28BNO2.C2H6/c1-5-10-20-21-16-23-22-15-18(29(31)32)13-14-26(22)30(19-11-8-7-9-12-19)27(23)17-25(21)28(3,4)24(20)6-2;1-2/h5,7-17,31-32H,6H2,1-4H3;1-2H3/b10-5-;. The lowest BCUT2D eigenvalue weighted by Crippen LogP contribution is -2.29. The summed E-state index contributed by atoms with van der Waals surface area (Å²) in [4.78, 5) is 0. The summed E-state index contributed by atoms with van der Waals surface area (Å²) in [5, 5.41) is 21.8. The average molecular weight is 451 g/mol. The molecular formula is C30H34BNO2. The number of allylic oxidation sites excluding steroid dienone is 4. The first-order valence-corrected chi connectivity index (χ1v) is 12.3. The number of nitrogens with zero attached hydrogens (tertiary/aromatic N) is 1. The van der Waals surface area contributed by atoms with Crippen molar-refractivity contribution >= 4 is 40.0 Å². The maximum atomic E-state index is 9.81. The van der Waals surface area contributed by atoms with E-state index >= 15 is 0 Å². The van der Waals surface area contributed by atoms with Gasteiger partial charge in [-0.05, 0) is 65.8 Å². The van der Waals surface area contributed by atoms with E-state index in [1.165, 1.54) is 22.3 Å². The molecule has 5 rings (SSSR count). The van der Waals surface area contributed by atoms with E-state index in [0.717, 1.165) is 33.9 Å². The first-order valence-electron chi connectivity index (χ1n) is 12.3. The van der Waals surface area contributed by atoms with E-state index in [0.29, 0.717) is 5.46 Å². The predicted octanol–water partition coefficient (Wildman–Crippen LogP) is 6.52. The molecule has 1 aliphatic rings. The highest BCUT2D eigenvalue weighted by atomic mass is 16.4. The molecule has 0 aliphatic heterocycles. The van der Waals surface area contributed by atoms with Crippen LogP contribution in [0.2, 0.25) is 0 Å². The van der Waals surface area contributed by atoms with E-state index in [1.807, 2.05) is 32.0 Å². The molecular weight excluding hydrogens is 417 g/mol. The van der Waals surface area contributed by atoms with Crippen molar-refractivity contribution in [3.05, 3.63) is 89.5 Å². The minimum Gasteiger partial charge on any atom is -0.423 e. The lowest BCUT2D eigenvalue weighted by atomic mass is 9.79. The molecule has 4 aromatic rings. The van der Waals surface area contributed by atoms with Gasteiger partial charge in [0.2, 0.25) is 0 Å². The Morgan fingerprint density at radius 1 is 0.912 bits per heavy atom. The Balaban J connectivity index is 0.00000133. The van der Waals surface area contributed by atoms with E-state index in [-0.39, 0.29) is 5.41 Å². The van der Waals surface area contributed by atoms with Gasteiger partial charge in [-0.25, -0.2) is 0 Å². The van der Waals surface area contributed by atoms with Gasteiger partial charge in [-0.3, -0.25) is 0 Å². The number of aromatic nitrogens is 1. The second-order valence-electron chi connectivity index (χ2n) is 9.11. The molecule has 0 bridgehead atoms. The molecule has 1 aliphatic carbocycles. The van der Waals surface area contributed by atoms with Crippen LogP contribution >= 0.6 is 0 Å². The molecule has 0 amide bonds. The topological polar surface area (TPSA) is 45.4 Å². The molecule has 174 valence electrons. The fourth-order valence-corrected chi connectivity index (χ4v) is 5.49. The molecule has 34 heavy (non-hydrogen) atoms. The zero-order chi connectivity index (χ0) is 24.6. The highest BCUT2D eigenvalue weighted by Crippen LogP contribution is 2.50. The first-order chi connectivity index (χ1) is 16.4. The summed E-state index contributed by atoms with van der Waals surface area (Å²) in [5.74, 6) is 0. The van der Waals surface area contributed by atoms with Crippen molar-refractivity contribution in [1.82, 2.24) is 4.57 Å². The van der Waals surface area contributed by atoms with Gasteiger partial charge in [0.05, 0.1) is 11.0 Å². The molecule has 1 aromatic heterocycles. The quantitative estimate of drug-likeness (QED) is 0.347.